The molecule has 5 aromatic carbocycles. The normalized spacial score (nSPS) is 22.3. The molecule has 0 saturated heterocycles. The molecule has 264 valence electrons. The Morgan fingerprint density at radius 3 is 1.84 bits per heavy atom. The van der Waals surface area contributed by atoms with Gasteiger partial charge in [0.05, 0.1) is 16.7 Å². The van der Waals surface area contributed by atoms with Crippen LogP contribution in [0, 0.1) is 0 Å². The van der Waals surface area contributed by atoms with Crippen molar-refractivity contribution in [1.29, 1.82) is 0 Å². The van der Waals surface area contributed by atoms with Crippen LogP contribution in [-0.2, 0) is 5.75 Å². The average Bonchev–Trinajstić information content (AvgIpc) is 3.08. The predicted octanol–water partition coefficient (Wildman–Crippen LogP) is 5.13. The number of benzene rings is 5. The van der Waals surface area contributed by atoms with Crippen LogP contribution >= 0.6 is 11.8 Å². The molecule has 2 aliphatic rings. The zero-order chi connectivity index (χ0) is 36.3. The zero-order valence-electron chi connectivity index (χ0n) is 26.3. The smallest absolute Gasteiger partial charge is 0.200 e. The molecule has 0 saturated carbocycles. The van der Waals surface area contributed by atoms with Crippen molar-refractivity contribution < 1.29 is 65.6 Å². The molecule has 13 nitrogen and oxygen atoms in total. The zero-order valence-corrected chi connectivity index (χ0v) is 27.1. The number of phenols is 9. The monoisotopic (exact) mass is 716 g/mol. The quantitative estimate of drug-likeness (QED) is 0.102. The minimum Gasteiger partial charge on any atom is -0.508 e. The summed E-state index contributed by atoms with van der Waals surface area (Å²) in [6.07, 6.45) is -5.89. The highest BCUT2D eigenvalue weighted by molar-refractivity contribution is 7.98. The number of hydrogen-bond acceptors (Lipinski definition) is 14. The molecule has 0 fully saturated rings. The van der Waals surface area contributed by atoms with Crippen molar-refractivity contribution in [3.63, 3.8) is 0 Å². The van der Waals surface area contributed by atoms with Crippen LogP contribution in [0.2, 0.25) is 0 Å². The molecule has 11 N–H and O–H groups in total. The molecule has 7 rings (SSSR count). The lowest BCUT2D eigenvalue weighted by atomic mass is 9.77. The lowest BCUT2D eigenvalue weighted by Gasteiger charge is -2.42. The Labute approximate surface area is 293 Å². The summed E-state index contributed by atoms with van der Waals surface area (Å²) in [5.41, 5.74) is 0.834. The molecular formula is C37H32O13S. The molecule has 2 aliphatic heterocycles. The van der Waals surface area contributed by atoms with E-state index in [4.69, 9.17) is 9.47 Å². The van der Waals surface area contributed by atoms with Crippen LogP contribution in [0.5, 0.6) is 63.2 Å². The lowest BCUT2D eigenvalue weighted by molar-refractivity contribution is 0.000563. The van der Waals surface area contributed by atoms with Gasteiger partial charge in [0.2, 0.25) is 0 Å². The Morgan fingerprint density at radius 1 is 0.529 bits per heavy atom. The number of aliphatic hydroxyl groups excluding tert-OH is 2. The van der Waals surface area contributed by atoms with Crippen LogP contribution in [0.15, 0.2) is 78.9 Å². The van der Waals surface area contributed by atoms with Crippen molar-refractivity contribution in [2.75, 3.05) is 0 Å². The van der Waals surface area contributed by atoms with E-state index >= 15 is 0 Å². The fourth-order valence-electron chi connectivity index (χ4n) is 6.75. The molecule has 0 aromatic heterocycles. The van der Waals surface area contributed by atoms with Gasteiger partial charge in [0.25, 0.3) is 0 Å². The van der Waals surface area contributed by atoms with E-state index in [2.05, 4.69) is 0 Å². The molecule has 0 amide bonds. The fraction of sp³-hybridized carbons (Fsp3) is 0.189. The summed E-state index contributed by atoms with van der Waals surface area (Å²) in [7, 11) is 0. The first-order valence-electron chi connectivity index (χ1n) is 15.6. The first-order valence-corrected chi connectivity index (χ1v) is 16.6. The van der Waals surface area contributed by atoms with Crippen molar-refractivity contribution in [3.8, 4) is 63.2 Å². The topological polar surface area (TPSA) is 241 Å². The highest BCUT2D eigenvalue weighted by Crippen LogP contribution is 2.60. The van der Waals surface area contributed by atoms with E-state index in [9.17, 15) is 56.2 Å². The van der Waals surface area contributed by atoms with Gasteiger partial charge in [-0.15, -0.1) is 11.8 Å². The summed E-state index contributed by atoms with van der Waals surface area (Å²) >= 11 is 1.21. The van der Waals surface area contributed by atoms with Crippen LogP contribution in [0.4, 0.5) is 0 Å². The van der Waals surface area contributed by atoms with E-state index in [0.29, 0.717) is 5.75 Å². The predicted molar refractivity (Wildman–Crippen MR) is 182 cm³/mol. The van der Waals surface area contributed by atoms with Gasteiger partial charge in [0.1, 0.15) is 46.7 Å². The third kappa shape index (κ3) is 5.82. The molecule has 2 heterocycles. The van der Waals surface area contributed by atoms with Gasteiger partial charge in [0.15, 0.2) is 41.0 Å². The van der Waals surface area contributed by atoms with Crippen LogP contribution in [0.1, 0.15) is 56.8 Å². The maximum absolute atomic E-state index is 12.1. The number of phenolic OH excluding ortho intramolecular Hbond substituents is 9. The minimum atomic E-state index is -1.68. The largest absolute Gasteiger partial charge is 0.508 e. The molecular weight excluding hydrogens is 684 g/mol. The second kappa shape index (κ2) is 12.8. The van der Waals surface area contributed by atoms with Gasteiger partial charge in [-0.25, -0.2) is 0 Å². The summed E-state index contributed by atoms with van der Waals surface area (Å²) in [5.74, 6) is -6.60. The summed E-state index contributed by atoms with van der Waals surface area (Å²) in [6, 6.07) is 18.3. The van der Waals surface area contributed by atoms with Crippen molar-refractivity contribution in [2.24, 2.45) is 0 Å². The second-order valence-electron chi connectivity index (χ2n) is 12.4. The highest BCUT2D eigenvalue weighted by atomic mass is 32.2. The number of fused-ring (bicyclic) bond motifs is 2. The average molecular weight is 717 g/mol. The first-order chi connectivity index (χ1) is 24.3. The molecule has 5 aromatic rings. The van der Waals surface area contributed by atoms with E-state index in [-0.39, 0.29) is 39.3 Å². The van der Waals surface area contributed by atoms with Crippen molar-refractivity contribution in [2.45, 2.75) is 41.3 Å². The van der Waals surface area contributed by atoms with Crippen LogP contribution < -0.4 is 9.47 Å². The minimum absolute atomic E-state index is 0.0122. The molecule has 0 aliphatic carbocycles. The van der Waals surface area contributed by atoms with Crippen LogP contribution in [-0.4, -0.2) is 68.4 Å². The van der Waals surface area contributed by atoms with Gasteiger partial charge in [0, 0.05) is 40.6 Å². The third-order valence-electron chi connectivity index (χ3n) is 9.12. The Balaban J connectivity index is 1.45. The summed E-state index contributed by atoms with van der Waals surface area (Å²) in [5, 5.41) is 118. The molecule has 14 heteroatoms. The Kier molecular flexibility index (Phi) is 8.45. The summed E-state index contributed by atoms with van der Waals surface area (Å²) < 4.78 is 12.4. The number of aliphatic hydroxyl groups is 2. The number of rotatable bonds is 6. The van der Waals surface area contributed by atoms with E-state index in [1.54, 1.807) is 0 Å². The van der Waals surface area contributed by atoms with Crippen molar-refractivity contribution in [3.05, 3.63) is 112 Å². The molecule has 6 atom stereocenters. The number of hydrogen-bond donors (Lipinski definition) is 11. The SMILES string of the molecule is Oc1cc(O)c2c(c1)O[C@H](c1ccc(O)c(O)c1)[C@H](O)[C@H]2c1c(O)cc(O)c2c1O[C@H](c1cc(O)c(O)c(O)c1)[C@H](O)[C@H]2SCc1ccccc1. The molecule has 0 spiro atoms. The first kappa shape index (κ1) is 33.7. The van der Waals surface area contributed by atoms with Gasteiger partial charge in [-0.3, -0.25) is 0 Å². The summed E-state index contributed by atoms with van der Waals surface area (Å²) in [6.45, 7) is 0. The van der Waals surface area contributed by atoms with Gasteiger partial charge in [-0.1, -0.05) is 36.4 Å². The fourth-order valence-corrected chi connectivity index (χ4v) is 8.04. The van der Waals surface area contributed by atoms with Gasteiger partial charge < -0.3 is 65.6 Å². The lowest BCUT2D eigenvalue weighted by Crippen LogP contribution is -2.37. The van der Waals surface area contributed by atoms with E-state index in [1.807, 2.05) is 30.3 Å². The van der Waals surface area contributed by atoms with Gasteiger partial charge in [-0.2, -0.15) is 0 Å². The van der Waals surface area contributed by atoms with Crippen molar-refractivity contribution in [1.82, 2.24) is 0 Å². The summed E-state index contributed by atoms with van der Waals surface area (Å²) in [4.78, 5) is 0. The highest BCUT2D eigenvalue weighted by Gasteiger charge is 2.48. The van der Waals surface area contributed by atoms with E-state index in [0.717, 1.165) is 35.9 Å². The second-order valence-corrected chi connectivity index (χ2v) is 13.5. The maximum atomic E-state index is 12.1. The number of ether oxygens (including phenoxy) is 2. The van der Waals surface area contributed by atoms with Gasteiger partial charge >= 0.3 is 0 Å². The van der Waals surface area contributed by atoms with Crippen LogP contribution in [0.25, 0.3) is 0 Å². The third-order valence-corrected chi connectivity index (χ3v) is 10.5. The molecule has 0 bridgehead atoms. The Hall–Kier alpha value is -5.83. The number of thioether (sulfide) groups is 1. The number of aromatic hydroxyl groups is 9. The Bertz CT molecular complexity index is 2120. The molecule has 0 unspecified atom stereocenters. The van der Waals surface area contributed by atoms with Crippen molar-refractivity contribution >= 4 is 11.8 Å². The van der Waals surface area contributed by atoms with E-state index in [1.165, 1.54) is 30.0 Å². The standard InChI is InChI=1S/C37H32O13S/c38-18-11-21(41)27-26(12-18)49-34(16-6-7-19(39)20(40)8-16)32(47)30(27)28-22(42)13-23(43)29-36(28)50-35(17-9-24(44)31(46)25(45)10-17)33(48)37(29)51-14-15-4-2-1-3-5-15/h1-13,30,32-35,37-48H,14H2/t30-,32-,33+,34-,35-,37+/m1/s1. The molecule has 0 radical (unpaired) electrons. The van der Waals surface area contributed by atoms with Gasteiger partial charge in [-0.05, 0) is 35.4 Å². The molecule has 51 heavy (non-hydrogen) atoms. The van der Waals surface area contributed by atoms with Crippen LogP contribution in [0.3, 0.4) is 0 Å². The maximum Gasteiger partial charge on any atom is 0.200 e. The van der Waals surface area contributed by atoms with E-state index < -0.39 is 87.3 Å². The Morgan fingerprint density at radius 2 is 1.16 bits per heavy atom.